The number of benzene rings is 1. The lowest BCUT2D eigenvalue weighted by Crippen LogP contribution is -2.38. The Morgan fingerprint density at radius 2 is 1.79 bits per heavy atom. The second kappa shape index (κ2) is 6.81. The maximum absolute atomic E-state index is 12.6. The first kappa shape index (κ1) is 18.3. The molecule has 146 valence electrons. The van der Waals surface area contributed by atoms with E-state index >= 15 is 0 Å². The number of hydrogen-bond acceptors (Lipinski definition) is 7. The molecule has 4 atom stereocenters. The summed E-state index contributed by atoms with van der Waals surface area (Å²) in [6.07, 6.45) is 2.80. The highest BCUT2D eigenvalue weighted by molar-refractivity contribution is 6.08. The molecule has 3 fully saturated rings. The molecule has 9 nitrogen and oxygen atoms in total. The molecule has 28 heavy (non-hydrogen) atoms. The largest absolute Gasteiger partial charge is 0.456 e. The molecule has 1 aromatic carbocycles. The van der Waals surface area contributed by atoms with Crippen molar-refractivity contribution in [3.63, 3.8) is 0 Å². The van der Waals surface area contributed by atoms with Crippen molar-refractivity contribution in [1.29, 1.82) is 0 Å². The van der Waals surface area contributed by atoms with Crippen LogP contribution in [0.2, 0.25) is 0 Å². The molecule has 0 unspecified atom stereocenters. The number of rotatable bonds is 6. The van der Waals surface area contributed by atoms with Crippen LogP contribution in [0.4, 0.5) is 5.69 Å². The summed E-state index contributed by atoms with van der Waals surface area (Å²) in [4.78, 5) is 60.4. The lowest BCUT2D eigenvalue weighted by Gasteiger charge is -2.19. The zero-order chi connectivity index (χ0) is 20.0. The van der Waals surface area contributed by atoms with Gasteiger partial charge in [-0.25, -0.2) is 0 Å². The number of hydrogen-bond donors (Lipinski definition) is 0. The van der Waals surface area contributed by atoms with Gasteiger partial charge in [-0.2, -0.15) is 0 Å². The summed E-state index contributed by atoms with van der Waals surface area (Å²) in [6, 6.07) is 5.09. The molecule has 4 rings (SSSR count). The number of esters is 1. The number of fused-ring (bicyclic) bond motifs is 5. The van der Waals surface area contributed by atoms with Gasteiger partial charge >= 0.3 is 5.97 Å². The highest BCUT2D eigenvalue weighted by Crippen LogP contribution is 2.56. The highest BCUT2D eigenvalue weighted by Gasteiger charge is 2.61. The predicted molar refractivity (Wildman–Crippen MR) is 92.9 cm³/mol. The van der Waals surface area contributed by atoms with Crippen LogP contribution in [0.1, 0.15) is 29.6 Å². The number of imide groups is 1. The van der Waals surface area contributed by atoms with E-state index in [1.807, 2.05) is 0 Å². The van der Waals surface area contributed by atoms with Crippen molar-refractivity contribution < 1.29 is 28.8 Å². The van der Waals surface area contributed by atoms with Gasteiger partial charge in [-0.05, 0) is 31.1 Å². The number of nitro benzene ring substituents is 1. The van der Waals surface area contributed by atoms with E-state index in [1.165, 1.54) is 18.2 Å². The standard InChI is InChI=1S/C19H18N2O7/c22-14(10-2-1-3-13(7-10)21(26)27)9-28-15(23)8-20-18(24)16-11-4-5-12(6-11)17(16)19(20)25/h1-3,7,11-12,16-17H,4-6,8-9H2/t11-,12+,16-,17-/m0/s1. The van der Waals surface area contributed by atoms with Gasteiger partial charge in [0.1, 0.15) is 6.54 Å². The molecular formula is C19H18N2O7. The fourth-order valence-electron chi connectivity index (χ4n) is 4.82. The van der Waals surface area contributed by atoms with Crippen LogP contribution in [0, 0.1) is 33.8 Å². The maximum Gasteiger partial charge on any atom is 0.326 e. The van der Waals surface area contributed by atoms with Crippen molar-refractivity contribution in [2.45, 2.75) is 19.3 Å². The minimum Gasteiger partial charge on any atom is -0.456 e. The van der Waals surface area contributed by atoms with E-state index in [0.29, 0.717) is 0 Å². The highest BCUT2D eigenvalue weighted by atomic mass is 16.6. The molecule has 0 aromatic heterocycles. The molecule has 9 heteroatoms. The van der Waals surface area contributed by atoms with Gasteiger partial charge in [0.25, 0.3) is 5.69 Å². The first-order chi connectivity index (χ1) is 13.4. The molecule has 1 aromatic rings. The average Bonchev–Trinajstić information content (AvgIpc) is 3.36. The van der Waals surface area contributed by atoms with E-state index in [2.05, 4.69) is 0 Å². The van der Waals surface area contributed by atoms with Gasteiger partial charge in [0.05, 0.1) is 16.8 Å². The van der Waals surface area contributed by atoms with Gasteiger partial charge in [-0.15, -0.1) is 0 Å². The summed E-state index contributed by atoms with van der Waals surface area (Å²) in [5.74, 6) is -2.27. The number of ether oxygens (including phenoxy) is 1. The number of ketones is 1. The zero-order valence-electron chi connectivity index (χ0n) is 14.9. The maximum atomic E-state index is 12.6. The molecule has 0 radical (unpaired) electrons. The fourth-order valence-corrected chi connectivity index (χ4v) is 4.82. The summed E-state index contributed by atoms with van der Waals surface area (Å²) in [6.45, 7) is -1.12. The van der Waals surface area contributed by atoms with Gasteiger partial charge < -0.3 is 4.74 Å². The van der Waals surface area contributed by atoms with Crippen molar-refractivity contribution >= 4 is 29.3 Å². The second-order valence-electron chi connectivity index (χ2n) is 7.54. The smallest absolute Gasteiger partial charge is 0.326 e. The van der Waals surface area contributed by atoms with E-state index < -0.39 is 29.8 Å². The molecular weight excluding hydrogens is 368 g/mol. The van der Waals surface area contributed by atoms with Crippen LogP contribution in [0.15, 0.2) is 24.3 Å². The van der Waals surface area contributed by atoms with Crippen LogP contribution in [0.5, 0.6) is 0 Å². The Kier molecular flexibility index (Phi) is 4.44. The monoisotopic (exact) mass is 386 g/mol. The van der Waals surface area contributed by atoms with E-state index in [9.17, 15) is 29.3 Å². The van der Waals surface area contributed by atoms with E-state index in [1.54, 1.807) is 0 Å². The fraction of sp³-hybridized carbons (Fsp3) is 0.474. The summed E-state index contributed by atoms with van der Waals surface area (Å²) in [5, 5.41) is 10.8. The third-order valence-electron chi connectivity index (χ3n) is 6.05. The van der Waals surface area contributed by atoms with Crippen LogP contribution in [-0.2, 0) is 19.1 Å². The van der Waals surface area contributed by atoms with Crippen LogP contribution in [0.3, 0.4) is 0 Å². The van der Waals surface area contributed by atoms with Gasteiger partial charge in [0, 0.05) is 17.7 Å². The molecule has 2 amide bonds. The normalized spacial score (nSPS) is 27.8. The number of carbonyl (C=O) groups excluding carboxylic acids is 4. The second-order valence-corrected chi connectivity index (χ2v) is 7.54. The molecule has 2 aliphatic carbocycles. The van der Waals surface area contributed by atoms with E-state index in [0.717, 1.165) is 30.2 Å². The molecule has 0 spiro atoms. The summed E-state index contributed by atoms with van der Waals surface area (Å²) >= 11 is 0. The number of carbonyl (C=O) groups is 4. The first-order valence-electron chi connectivity index (χ1n) is 9.15. The molecule has 2 bridgehead atoms. The Bertz CT molecular complexity index is 868. The van der Waals surface area contributed by atoms with Gasteiger partial charge in [0.15, 0.2) is 6.61 Å². The molecule has 2 saturated carbocycles. The molecule has 1 heterocycles. The van der Waals surface area contributed by atoms with Crippen LogP contribution in [-0.4, -0.2) is 46.5 Å². The number of amides is 2. The predicted octanol–water partition coefficient (Wildman–Crippen LogP) is 1.35. The Morgan fingerprint density at radius 3 is 2.39 bits per heavy atom. The van der Waals surface area contributed by atoms with Gasteiger partial charge in [-0.1, -0.05) is 12.1 Å². The van der Waals surface area contributed by atoms with Crippen LogP contribution >= 0.6 is 0 Å². The number of nitro groups is 1. The first-order valence-corrected chi connectivity index (χ1v) is 9.15. The molecule has 1 aliphatic heterocycles. The average molecular weight is 386 g/mol. The summed E-state index contributed by atoms with van der Waals surface area (Å²) < 4.78 is 4.90. The van der Waals surface area contributed by atoms with Crippen molar-refractivity contribution in [3.8, 4) is 0 Å². The summed E-state index contributed by atoms with van der Waals surface area (Å²) in [5.41, 5.74) is -0.201. The third-order valence-corrected chi connectivity index (χ3v) is 6.05. The lowest BCUT2D eigenvalue weighted by atomic mass is 9.81. The zero-order valence-corrected chi connectivity index (χ0v) is 14.9. The Balaban J connectivity index is 1.34. The number of Topliss-reactive ketones (excluding diaryl/α,β-unsaturated/α-hetero) is 1. The van der Waals surface area contributed by atoms with E-state index in [4.69, 9.17) is 4.74 Å². The topological polar surface area (TPSA) is 124 Å². The molecule has 1 saturated heterocycles. The minimum absolute atomic E-state index is 0.0430. The Morgan fingerprint density at radius 1 is 1.14 bits per heavy atom. The Labute approximate surface area is 159 Å². The van der Waals surface area contributed by atoms with Crippen LogP contribution in [0.25, 0.3) is 0 Å². The van der Waals surface area contributed by atoms with Crippen LogP contribution < -0.4 is 0 Å². The molecule has 0 N–H and O–H groups in total. The number of likely N-dealkylation sites (tertiary alicyclic amines) is 1. The van der Waals surface area contributed by atoms with Crippen molar-refractivity contribution in [3.05, 3.63) is 39.9 Å². The van der Waals surface area contributed by atoms with Gasteiger partial charge in [-0.3, -0.25) is 34.2 Å². The SMILES string of the molecule is O=C(CN1C(=O)[C@H]2[C@@H]3CC[C@@H](C3)[C@@H]2C1=O)OCC(=O)c1cccc([N+](=O)[O-])c1. The molecule has 3 aliphatic rings. The number of non-ortho nitro benzene ring substituents is 1. The van der Waals surface area contributed by atoms with Gasteiger partial charge in [0.2, 0.25) is 17.6 Å². The quantitative estimate of drug-likeness (QED) is 0.238. The van der Waals surface area contributed by atoms with E-state index in [-0.39, 0.29) is 46.7 Å². The van der Waals surface area contributed by atoms with Crippen molar-refractivity contribution in [2.24, 2.45) is 23.7 Å². The number of nitrogens with zero attached hydrogens (tertiary/aromatic N) is 2. The minimum atomic E-state index is -0.854. The van der Waals surface area contributed by atoms with Crippen molar-refractivity contribution in [2.75, 3.05) is 13.2 Å². The Hall–Kier alpha value is -3.10. The van der Waals surface area contributed by atoms with Crippen molar-refractivity contribution in [1.82, 2.24) is 4.90 Å². The summed E-state index contributed by atoms with van der Waals surface area (Å²) in [7, 11) is 0. The lowest BCUT2D eigenvalue weighted by molar-refractivity contribution is -0.384. The third kappa shape index (κ3) is 2.96.